The highest BCUT2D eigenvalue weighted by molar-refractivity contribution is 8.01. The maximum atomic E-state index is 13.3. The second-order valence-electron chi connectivity index (χ2n) is 9.57. The molecule has 2 N–H and O–H groups in total. The Morgan fingerprint density at radius 3 is 2.11 bits per heavy atom. The number of thioether (sulfide) groups is 1. The van der Waals surface area contributed by atoms with Crippen molar-refractivity contribution in [3.8, 4) is 0 Å². The van der Waals surface area contributed by atoms with Crippen LogP contribution < -0.4 is 10.6 Å². The quantitative estimate of drug-likeness (QED) is 0.266. The molecule has 7 nitrogen and oxygen atoms in total. The number of rotatable bonds is 13. The average molecular weight is 542 g/mol. The standard InChI is InChI=1S/C28H35N3O4S2/c1-18(2)15-24(26(33)30-23(25(32)29-3)16-19-9-5-4-6-10-19)37-17-20(36)13-14-31-27(34)21-11-7-8-12-22(21)28(31)35/h4-12,18,20,23-24,36H,13-17H2,1-3H3,(H,29,32)(H,30,33)/t20-,23-,24+/m0/s1. The Labute approximate surface area is 228 Å². The molecule has 3 rings (SSSR count). The minimum atomic E-state index is -0.671. The van der Waals surface area contributed by atoms with Gasteiger partial charge in [0.15, 0.2) is 0 Å². The molecule has 37 heavy (non-hydrogen) atoms. The number of nitrogens with one attached hydrogen (secondary N) is 2. The van der Waals surface area contributed by atoms with Gasteiger partial charge in [0.1, 0.15) is 6.04 Å². The van der Waals surface area contributed by atoms with Gasteiger partial charge < -0.3 is 10.6 Å². The molecule has 0 fully saturated rings. The summed E-state index contributed by atoms with van der Waals surface area (Å²) in [5, 5.41) is 5.13. The van der Waals surface area contributed by atoms with Gasteiger partial charge in [0.05, 0.1) is 16.4 Å². The molecular weight excluding hydrogens is 506 g/mol. The molecule has 9 heteroatoms. The minimum absolute atomic E-state index is 0.115. The molecule has 198 valence electrons. The SMILES string of the molecule is CNC(=O)[C@H](Cc1ccccc1)NC(=O)[C@@H](CC(C)C)SC[C@@H](S)CCN1C(=O)c2ccccc2C1=O. The number of thiol groups is 1. The van der Waals surface area contributed by atoms with E-state index in [1.165, 1.54) is 16.7 Å². The van der Waals surface area contributed by atoms with Crippen LogP contribution in [0.25, 0.3) is 0 Å². The minimum Gasteiger partial charge on any atom is -0.357 e. The van der Waals surface area contributed by atoms with Crippen molar-refractivity contribution in [2.45, 2.75) is 49.7 Å². The third-order valence-corrected chi connectivity index (χ3v) is 8.29. The molecule has 1 aliphatic heterocycles. The monoisotopic (exact) mass is 541 g/mol. The summed E-state index contributed by atoms with van der Waals surface area (Å²) in [5.74, 6) is -0.107. The zero-order chi connectivity index (χ0) is 26.9. The van der Waals surface area contributed by atoms with E-state index in [-0.39, 0.29) is 46.6 Å². The normalized spacial score (nSPS) is 15.3. The Balaban J connectivity index is 1.56. The third kappa shape index (κ3) is 7.85. The van der Waals surface area contributed by atoms with Gasteiger partial charge in [0.2, 0.25) is 11.8 Å². The maximum Gasteiger partial charge on any atom is 0.261 e. The van der Waals surface area contributed by atoms with E-state index in [0.29, 0.717) is 36.1 Å². The van der Waals surface area contributed by atoms with Crippen LogP contribution in [0.15, 0.2) is 54.6 Å². The van der Waals surface area contributed by atoms with Gasteiger partial charge in [-0.2, -0.15) is 12.6 Å². The number of likely N-dealkylation sites (N-methyl/N-ethyl adjacent to an activating group) is 1. The lowest BCUT2D eigenvalue weighted by molar-refractivity contribution is -0.128. The number of carbonyl (C=O) groups excluding carboxylic acids is 4. The largest absolute Gasteiger partial charge is 0.357 e. The van der Waals surface area contributed by atoms with E-state index in [1.807, 2.05) is 30.3 Å². The predicted octanol–water partition coefficient (Wildman–Crippen LogP) is 3.59. The zero-order valence-corrected chi connectivity index (χ0v) is 23.2. The second kappa shape index (κ2) is 13.7. The Morgan fingerprint density at radius 2 is 1.54 bits per heavy atom. The first-order valence-electron chi connectivity index (χ1n) is 12.5. The van der Waals surface area contributed by atoms with Crippen LogP contribution in [0.2, 0.25) is 0 Å². The summed E-state index contributed by atoms with van der Waals surface area (Å²) in [7, 11) is 1.56. The van der Waals surface area contributed by atoms with Gasteiger partial charge in [0.25, 0.3) is 11.8 Å². The van der Waals surface area contributed by atoms with Crippen molar-refractivity contribution < 1.29 is 19.2 Å². The molecular formula is C28H35N3O4S2. The number of hydrogen-bond donors (Lipinski definition) is 3. The lowest BCUT2D eigenvalue weighted by Crippen LogP contribution is -2.49. The van der Waals surface area contributed by atoms with Crippen molar-refractivity contribution in [2.24, 2.45) is 5.92 Å². The van der Waals surface area contributed by atoms with E-state index in [9.17, 15) is 19.2 Å². The summed E-state index contributed by atoms with van der Waals surface area (Å²) in [5.41, 5.74) is 1.84. The average Bonchev–Trinajstić information content (AvgIpc) is 3.14. The number of fused-ring (bicyclic) bond motifs is 1. The topological polar surface area (TPSA) is 95.6 Å². The molecule has 0 aliphatic carbocycles. The summed E-state index contributed by atoms with van der Waals surface area (Å²) in [6.07, 6.45) is 1.58. The summed E-state index contributed by atoms with van der Waals surface area (Å²) in [6, 6.07) is 15.8. The summed E-state index contributed by atoms with van der Waals surface area (Å²) >= 11 is 6.17. The highest BCUT2D eigenvalue weighted by Gasteiger charge is 2.35. The number of nitrogens with zero attached hydrogens (tertiary/aromatic N) is 1. The predicted molar refractivity (Wildman–Crippen MR) is 151 cm³/mol. The van der Waals surface area contributed by atoms with E-state index in [2.05, 4.69) is 37.1 Å². The Morgan fingerprint density at radius 1 is 0.946 bits per heavy atom. The van der Waals surface area contributed by atoms with Gasteiger partial charge >= 0.3 is 0 Å². The fourth-order valence-corrected chi connectivity index (χ4v) is 5.94. The number of benzene rings is 2. The van der Waals surface area contributed by atoms with Gasteiger partial charge in [-0.05, 0) is 36.5 Å². The number of hydrogen-bond acceptors (Lipinski definition) is 6. The van der Waals surface area contributed by atoms with Crippen molar-refractivity contribution in [1.29, 1.82) is 0 Å². The molecule has 4 amide bonds. The van der Waals surface area contributed by atoms with E-state index < -0.39 is 6.04 Å². The molecule has 0 spiro atoms. The molecule has 0 saturated carbocycles. The molecule has 1 heterocycles. The van der Waals surface area contributed by atoms with Crippen LogP contribution in [0.1, 0.15) is 53.0 Å². The summed E-state index contributed by atoms with van der Waals surface area (Å²) < 4.78 is 0. The number of amides is 4. The third-order valence-electron chi connectivity index (χ3n) is 6.19. The van der Waals surface area contributed by atoms with Crippen LogP contribution in [0, 0.1) is 5.92 Å². The van der Waals surface area contributed by atoms with Gasteiger partial charge in [-0.25, -0.2) is 0 Å². The fraction of sp³-hybridized carbons (Fsp3) is 0.429. The second-order valence-corrected chi connectivity index (χ2v) is 11.5. The molecule has 0 saturated heterocycles. The van der Waals surface area contributed by atoms with Crippen molar-refractivity contribution >= 4 is 48.0 Å². The summed E-state index contributed by atoms with van der Waals surface area (Å²) in [4.78, 5) is 52.2. The molecule has 2 aromatic rings. The van der Waals surface area contributed by atoms with Crippen molar-refractivity contribution in [1.82, 2.24) is 15.5 Å². The summed E-state index contributed by atoms with van der Waals surface area (Å²) in [6.45, 7) is 4.39. The molecule has 0 bridgehead atoms. The van der Waals surface area contributed by atoms with E-state index in [1.54, 1.807) is 31.3 Å². The van der Waals surface area contributed by atoms with Crippen molar-refractivity contribution in [3.05, 3.63) is 71.3 Å². The number of imide groups is 1. The van der Waals surface area contributed by atoms with Gasteiger partial charge in [0, 0.05) is 31.0 Å². The fourth-order valence-electron chi connectivity index (χ4n) is 4.21. The molecule has 0 unspecified atom stereocenters. The first-order chi connectivity index (χ1) is 17.7. The molecule has 1 aliphatic rings. The molecule has 3 atom stereocenters. The Bertz CT molecular complexity index is 1070. The molecule has 0 aromatic heterocycles. The van der Waals surface area contributed by atoms with Gasteiger partial charge in [-0.3, -0.25) is 24.1 Å². The van der Waals surface area contributed by atoms with Crippen LogP contribution in [0.3, 0.4) is 0 Å². The van der Waals surface area contributed by atoms with Crippen LogP contribution in [0.4, 0.5) is 0 Å². The maximum absolute atomic E-state index is 13.3. The van der Waals surface area contributed by atoms with Crippen LogP contribution >= 0.6 is 24.4 Å². The molecule has 2 aromatic carbocycles. The first-order valence-corrected chi connectivity index (χ1v) is 14.1. The smallest absolute Gasteiger partial charge is 0.261 e. The molecule has 0 radical (unpaired) electrons. The van der Waals surface area contributed by atoms with Gasteiger partial charge in [-0.15, -0.1) is 11.8 Å². The van der Waals surface area contributed by atoms with Crippen molar-refractivity contribution in [3.63, 3.8) is 0 Å². The van der Waals surface area contributed by atoms with Crippen LogP contribution in [0.5, 0.6) is 0 Å². The van der Waals surface area contributed by atoms with Crippen LogP contribution in [-0.4, -0.2) is 64.4 Å². The first kappa shape index (κ1) is 28.8. The van der Waals surface area contributed by atoms with E-state index in [0.717, 1.165) is 5.56 Å². The van der Waals surface area contributed by atoms with E-state index >= 15 is 0 Å². The Hall–Kier alpha value is -2.78. The van der Waals surface area contributed by atoms with E-state index in [4.69, 9.17) is 0 Å². The highest BCUT2D eigenvalue weighted by atomic mass is 32.2. The van der Waals surface area contributed by atoms with Gasteiger partial charge in [-0.1, -0.05) is 56.3 Å². The lowest BCUT2D eigenvalue weighted by atomic mass is 10.0. The van der Waals surface area contributed by atoms with Crippen LogP contribution in [-0.2, 0) is 16.0 Å². The number of carbonyl (C=O) groups is 4. The highest BCUT2D eigenvalue weighted by Crippen LogP contribution is 2.26. The zero-order valence-electron chi connectivity index (χ0n) is 21.5. The Kier molecular flexibility index (Phi) is 10.6. The lowest BCUT2D eigenvalue weighted by Gasteiger charge is -2.24. The van der Waals surface area contributed by atoms with Crippen molar-refractivity contribution in [2.75, 3.05) is 19.3 Å².